The molecule has 30 heavy (non-hydrogen) atoms. The van der Waals surface area contributed by atoms with Gasteiger partial charge >= 0.3 is 0 Å². The SMILES string of the molecule is O=C1S/C(=C/c2cccc(OCc3ccccc3F)c2)C(=O)N1CC1CCCCC1. The Morgan fingerprint density at radius 3 is 2.67 bits per heavy atom. The molecule has 2 amide bonds. The topological polar surface area (TPSA) is 46.6 Å². The van der Waals surface area contributed by atoms with Crippen LogP contribution < -0.4 is 4.74 Å². The summed E-state index contributed by atoms with van der Waals surface area (Å²) in [6.07, 6.45) is 7.49. The molecule has 1 aliphatic carbocycles. The summed E-state index contributed by atoms with van der Waals surface area (Å²) >= 11 is 0.991. The molecule has 0 N–H and O–H groups in total. The Kier molecular flexibility index (Phi) is 6.53. The van der Waals surface area contributed by atoms with E-state index >= 15 is 0 Å². The number of thioether (sulfide) groups is 1. The number of nitrogens with zero attached hydrogens (tertiary/aromatic N) is 1. The lowest BCUT2D eigenvalue weighted by molar-refractivity contribution is -0.123. The van der Waals surface area contributed by atoms with Crippen LogP contribution in [0.15, 0.2) is 53.4 Å². The monoisotopic (exact) mass is 425 g/mol. The number of amides is 2. The highest BCUT2D eigenvalue weighted by Crippen LogP contribution is 2.35. The first kappa shape index (κ1) is 20.7. The largest absolute Gasteiger partial charge is 0.489 e. The molecule has 0 aromatic heterocycles. The lowest BCUT2D eigenvalue weighted by atomic mass is 9.89. The second-order valence-corrected chi connectivity index (χ2v) is 8.74. The molecule has 1 saturated carbocycles. The van der Waals surface area contributed by atoms with Crippen LogP contribution in [0.2, 0.25) is 0 Å². The van der Waals surface area contributed by atoms with Crippen LogP contribution in [0, 0.1) is 11.7 Å². The van der Waals surface area contributed by atoms with Gasteiger partial charge < -0.3 is 4.74 Å². The average Bonchev–Trinajstić information content (AvgIpc) is 3.01. The Balaban J connectivity index is 1.42. The number of hydrogen-bond donors (Lipinski definition) is 0. The Labute approximate surface area is 180 Å². The highest BCUT2D eigenvalue weighted by Gasteiger charge is 2.36. The number of rotatable bonds is 6. The van der Waals surface area contributed by atoms with Gasteiger partial charge in [-0.1, -0.05) is 49.6 Å². The second kappa shape index (κ2) is 9.47. The third kappa shape index (κ3) is 4.93. The van der Waals surface area contributed by atoms with Crippen LogP contribution in [0.4, 0.5) is 9.18 Å². The smallest absolute Gasteiger partial charge is 0.293 e. The van der Waals surface area contributed by atoms with Crippen molar-refractivity contribution in [3.05, 3.63) is 70.4 Å². The molecule has 4 rings (SSSR count). The normalized spacial score (nSPS) is 19.0. The number of ether oxygens (including phenoxy) is 1. The van der Waals surface area contributed by atoms with Crippen LogP contribution in [0.5, 0.6) is 5.75 Å². The zero-order chi connectivity index (χ0) is 20.9. The van der Waals surface area contributed by atoms with Crippen molar-refractivity contribution in [1.29, 1.82) is 0 Å². The molecule has 0 atom stereocenters. The van der Waals surface area contributed by atoms with Gasteiger partial charge in [0, 0.05) is 12.1 Å². The van der Waals surface area contributed by atoms with Gasteiger partial charge in [0.15, 0.2) is 0 Å². The van der Waals surface area contributed by atoms with Crippen molar-refractivity contribution in [3.8, 4) is 5.75 Å². The Morgan fingerprint density at radius 1 is 1.07 bits per heavy atom. The Bertz CT molecular complexity index is 968. The third-order valence-electron chi connectivity index (χ3n) is 5.55. The quantitative estimate of drug-likeness (QED) is 0.531. The number of carbonyl (C=O) groups is 2. The average molecular weight is 426 g/mol. The highest BCUT2D eigenvalue weighted by atomic mass is 32.2. The summed E-state index contributed by atoms with van der Waals surface area (Å²) < 4.78 is 19.5. The minimum Gasteiger partial charge on any atom is -0.489 e. The molecule has 2 aliphatic rings. The summed E-state index contributed by atoms with van der Waals surface area (Å²) in [6, 6.07) is 13.7. The zero-order valence-electron chi connectivity index (χ0n) is 16.7. The first-order chi connectivity index (χ1) is 14.6. The van der Waals surface area contributed by atoms with Crippen LogP contribution in [0.3, 0.4) is 0 Å². The van der Waals surface area contributed by atoms with E-state index in [1.54, 1.807) is 36.4 Å². The summed E-state index contributed by atoms with van der Waals surface area (Å²) in [5, 5.41) is -0.191. The molecule has 1 aliphatic heterocycles. The van der Waals surface area contributed by atoms with Crippen molar-refractivity contribution in [3.63, 3.8) is 0 Å². The fraction of sp³-hybridized carbons (Fsp3) is 0.333. The molecular weight excluding hydrogens is 401 g/mol. The Morgan fingerprint density at radius 2 is 1.87 bits per heavy atom. The number of halogens is 1. The maximum Gasteiger partial charge on any atom is 0.293 e. The second-order valence-electron chi connectivity index (χ2n) is 7.75. The molecule has 1 saturated heterocycles. The van der Waals surface area contributed by atoms with Crippen LogP contribution in [0.1, 0.15) is 43.2 Å². The van der Waals surface area contributed by atoms with Gasteiger partial charge in [-0.3, -0.25) is 14.5 Å². The van der Waals surface area contributed by atoms with Gasteiger partial charge in [0.2, 0.25) is 0 Å². The first-order valence-corrected chi connectivity index (χ1v) is 11.1. The van der Waals surface area contributed by atoms with E-state index in [1.807, 2.05) is 12.1 Å². The van der Waals surface area contributed by atoms with Gasteiger partial charge in [-0.25, -0.2) is 4.39 Å². The summed E-state index contributed by atoms with van der Waals surface area (Å²) in [5.74, 6) is 0.476. The fourth-order valence-electron chi connectivity index (χ4n) is 3.91. The van der Waals surface area contributed by atoms with Crippen LogP contribution >= 0.6 is 11.8 Å². The number of hydrogen-bond acceptors (Lipinski definition) is 4. The van der Waals surface area contributed by atoms with E-state index in [0.29, 0.717) is 28.7 Å². The molecule has 4 nitrogen and oxygen atoms in total. The summed E-state index contributed by atoms with van der Waals surface area (Å²) in [6.45, 7) is 0.641. The van der Waals surface area contributed by atoms with Gasteiger partial charge in [-0.2, -0.15) is 0 Å². The molecule has 0 bridgehead atoms. The number of carbonyl (C=O) groups excluding carboxylic acids is 2. The molecule has 2 aromatic carbocycles. The molecule has 0 unspecified atom stereocenters. The van der Waals surface area contributed by atoms with Gasteiger partial charge in [0.1, 0.15) is 18.2 Å². The predicted octanol–water partition coefficient (Wildman–Crippen LogP) is 6.02. The molecule has 156 valence electrons. The van der Waals surface area contributed by atoms with Crippen molar-refractivity contribution in [2.24, 2.45) is 5.92 Å². The van der Waals surface area contributed by atoms with Crippen LogP contribution in [0.25, 0.3) is 6.08 Å². The van der Waals surface area contributed by atoms with Gasteiger partial charge in [-0.15, -0.1) is 0 Å². The minimum atomic E-state index is -0.305. The van der Waals surface area contributed by atoms with E-state index < -0.39 is 0 Å². The lowest BCUT2D eigenvalue weighted by Gasteiger charge is -2.25. The van der Waals surface area contributed by atoms with E-state index in [2.05, 4.69) is 0 Å². The maximum absolute atomic E-state index is 13.8. The van der Waals surface area contributed by atoms with Crippen molar-refractivity contribution < 1.29 is 18.7 Å². The lowest BCUT2D eigenvalue weighted by Crippen LogP contribution is -2.34. The molecule has 0 spiro atoms. The molecule has 2 fully saturated rings. The molecule has 0 radical (unpaired) electrons. The van der Waals surface area contributed by atoms with Crippen LogP contribution in [-0.4, -0.2) is 22.6 Å². The number of benzene rings is 2. The van der Waals surface area contributed by atoms with E-state index in [0.717, 1.165) is 30.2 Å². The van der Waals surface area contributed by atoms with Crippen molar-refractivity contribution >= 4 is 29.0 Å². The van der Waals surface area contributed by atoms with Crippen molar-refractivity contribution in [2.75, 3.05) is 6.54 Å². The van der Waals surface area contributed by atoms with E-state index in [9.17, 15) is 14.0 Å². The van der Waals surface area contributed by atoms with Gasteiger partial charge in [0.05, 0.1) is 4.91 Å². The predicted molar refractivity (Wildman–Crippen MR) is 116 cm³/mol. The molecule has 2 aromatic rings. The van der Waals surface area contributed by atoms with E-state index in [-0.39, 0.29) is 23.6 Å². The Hall–Kier alpha value is -2.60. The molecular formula is C24H24FNO3S. The van der Waals surface area contributed by atoms with Gasteiger partial charge in [0.25, 0.3) is 11.1 Å². The summed E-state index contributed by atoms with van der Waals surface area (Å²) in [7, 11) is 0. The van der Waals surface area contributed by atoms with E-state index in [4.69, 9.17) is 4.74 Å². The fourth-order valence-corrected chi connectivity index (χ4v) is 4.76. The third-order valence-corrected chi connectivity index (χ3v) is 6.45. The summed E-state index contributed by atoms with van der Waals surface area (Å²) in [4.78, 5) is 27.0. The first-order valence-electron chi connectivity index (χ1n) is 10.3. The standard InChI is InChI=1S/C24H24FNO3S/c25-21-12-5-4-10-19(21)16-29-20-11-6-9-18(13-20)14-22-23(27)26(24(28)30-22)15-17-7-2-1-3-8-17/h4-6,9-14,17H,1-3,7-8,15-16H2/b22-14+. The minimum absolute atomic E-state index is 0.119. The highest BCUT2D eigenvalue weighted by molar-refractivity contribution is 8.18. The molecule has 1 heterocycles. The molecule has 6 heteroatoms. The van der Waals surface area contributed by atoms with Gasteiger partial charge in [-0.05, 0) is 60.4 Å². The zero-order valence-corrected chi connectivity index (χ0v) is 17.5. The number of imide groups is 1. The maximum atomic E-state index is 13.8. The van der Waals surface area contributed by atoms with E-state index in [1.165, 1.54) is 30.2 Å². The van der Waals surface area contributed by atoms with Crippen molar-refractivity contribution in [1.82, 2.24) is 4.90 Å². The van der Waals surface area contributed by atoms with Crippen molar-refractivity contribution in [2.45, 2.75) is 38.7 Å². The summed E-state index contributed by atoms with van der Waals surface area (Å²) in [5.41, 5.74) is 1.25. The van der Waals surface area contributed by atoms with Crippen LogP contribution in [-0.2, 0) is 11.4 Å².